The summed E-state index contributed by atoms with van der Waals surface area (Å²) >= 11 is 1.57. The Bertz CT molecular complexity index is 1350. The lowest BCUT2D eigenvalue weighted by molar-refractivity contribution is -0.00495. The van der Waals surface area contributed by atoms with E-state index in [0.717, 1.165) is 45.0 Å². The summed E-state index contributed by atoms with van der Waals surface area (Å²) in [5.74, 6) is 0.504. The van der Waals surface area contributed by atoms with Crippen LogP contribution in [0.15, 0.2) is 24.7 Å². The van der Waals surface area contributed by atoms with Crippen molar-refractivity contribution in [1.82, 2.24) is 24.0 Å². The molecular formula is C24H32N6O5S2. The lowest BCUT2D eigenvalue weighted by atomic mass is 9.98. The zero-order valence-corrected chi connectivity index (χ0v) is 22.0. The van der Waals surface area contributed by atoms with Crippen molar-refractivity contribution in [2.75, 3.05) is 44.8 Å². The van der Waals surface area contributed by atoms with Crippen LogP contribution in [0.1, 0.15) is 30.1 Å². The number of aromatic amines is 1. The molecule has 3 aromatic rings. The van der Waals surface area contributed by atoms with Crippen molar-refractivity contribution in [3.63, 3.8) is 0 Å². The van der Waals surface area contributed by atoms with Gasteiger partial charge in [-0.1, -0.05) is 0 Å². The van der Waals surface area contributed by atoms with E-state index in [9.17, 15) is 13.5 Å². The highest BCUT2D eigenvalue weighted by Crippen LogP contribution is 2.43. The van der Waals surface area contributed by atoms with Gasteiger partial charge in [-0.2, -0.15) is 17.4 Å². The minimum atomic E-state index is -3.56. The van der Waals surface area contributed by atoms with Crippen molar-refractivity contribution < 1.29 is 23.4 Å². The van der Waals surface area contributed by atoms with Gasteiger partial charge in [0.2, 0.25) is 0 Å². The average Bonchev–Trinajstić information content (AvgIpc) is 3.66. The number of fused-ring (bicyclic) bond motifs is 2. The summed E-state index contributed by atoms with van der Waals surface area (Å²) in [5.41, 5.74) is 2.69. The summed E-state index contributed by atoms with van der Waals surface area (Å²) in [4.78, 5) is 13.5. The highest BCUT2D eigenvalue weighted by atomic mass is 32.2. The molecule has 13 heteroatoms. The van der Waals surface area contributed by atoms with E-state index in [-0.39, 0.29) is 36.9 Å². The first-order valence-electron chi connectivity index (χ1n) is 12.7. The van der Waals surface area contributed by atoms with Gasteiger partial charge in [0.1, 0.15) is 10.7 Å². The van der Waals surface area contributed by atoms with Gasteiger partial charge in [0.25, 0.3) is 10.2 Å². The number of H-pyrrole nitrogens is 1. The number of pyridine rings is 1. The van der Waals surface area contributed by atoms with Gasteiger partial charge in [-0.15, -0.1) is 11.3 Å². The number of thiazole rings is 1. The molecule has 5 N–H and O–H groups in total. The van der Waals surface area contributed by atoms with Crippen LogP contribution in [-0.2, 0) is 14.9 Å². The molecule has 5 heterocycles. The van der Waals surface area contributed by atoms with Gasteiger partial charge in [0.05, 0.1) is 30.6 Å². The fraction of sp³-hybridized carbons (Fsp3) is 0.583. The van der Waals surface area contributed by atoms with Crippen LogP contribution in [0.25, 0.3) is 21.6 Å². The number of anilines is 1. The molecular weight excluding hydrogens is 516 g/mol. The first-order valence-corrected chi connectivity index (χ1v) is 15.0. The number of hydrogen-bond donors (Lipinski definition) is 5. The topological polar surface area (TPSA) is 153 Å². The Morgan fingerprint density at radius 3 is 2.78 bits per heavy atom. The number of hydrogen-bond acceptors (Lipinski definition) is 9. The molecule has 3 unspecified atom stereocenters. The van der Waals surface area contributed by atoms with Crippen LogP contribution < -0.4 is 10.0 Å². The molecule has 0 radical (unpaired) electrons. The van der Waals surface area contributed by atoms with Crippen molar-refractivity contribution in [2.45, 2.75) is 37.3 Å². The summed E-state index contributed by atoms with van der Waals surface area (Å²) < 4.78 is 34.6. The van der Waals surface area contributed by atoms with E-state index in [1.165, 1.54) is 4.31 Å². The molecule has 3 aromatic heterocycles. The fourth-order valence-electron chi connectivity index (χ4n) is 5.95. The molecule has 200 valence electrons. The van der Waals surface area contributed by atoms with E-state index in [2.05, 4.69) is 20.0 Å². The van der Waals surface area contributed by atoms with E-state index in [0.29, 0.717) is 32.7 Å². The minimum Gasteiger partial charge on any atom is -0.395 e. The van der Waals surface area contributed by atoms with Gasteiger partial charge in [0.15, 0.2) is 0 Å². The number of aliphatic hydroxyl groups excluding tert-OH is 2. The standard InChI is InChI=1S/C24H32N6O5S2/c31-5-4-28-37(33,34)30-11-14-7-16(8-15(14)12-30)29-22-17-1-3-25-23(17)26-9-18(22)24-27-10-21(36-24)19-13-35-6-2-20(19)32/h1,3,9-10,14-16,19-20,28,31-32H,2,4-8,11-13H2,(H2,25,26,29)/t14-,15+,16?,19?,20?. The molecule has 0 amide bonds. The van der Waals surface area contributed by atoms with E-state index >= 15 is 0 Å². The van der Waals surface area contributed by atoms with Gasteiger partial charge >= 0.3 is 0 Å². The Balaban J connectivity index is 1.21. The van der Waals surface area contributed by atoms with Crippen molar-refractivity contribution in [2.24, 2.45) is 11.8 Å². The summed E-state index contributed by atoms with van der Waals surface area (Å²) in [6, 6.07) is 2.22. The SMILES string of the molecule is O=S(=O)(NCCO)N1C[C@H]2CC(Nc3c(-c4ncc(C5COCCC5O)s4)cnc4[nH]ccc34)C[C@H]2C1. The number of ether oxygens (including phenoxy) is 1. The second-order valence-corrected chi connectivity index (χ2v) is 13.0. The second kappa shape index (κ2) is 10.2. The molecule has 5 atom stereocenters. The quantitative estimate of drug-likeness (QED) is 0.284. The lowest BCUT2D eigenvalue weighted by Crippen LogP contribution is -2.41. The van der Waals surface area contributed by atoms with E-state index < -0.39 is 16.3 Å². The Morgan fingerprint density at radius 2 is 2.03 bits per heavy atom. The van der Waals surface area contributed by atoms with Gasteiger partial charge in [-0.05, 0) is 37.2 Å². The smallest absolute Gasteiger partial charge is 0.279 e. The third-order valence-electron chi connectivity index (χ3n) is 7.83. The van der Waals surface area contributed by atoms with Gasteiger partial charge in [0, 0.05) is 67.1 Å². The summed E-state index contributed by atoms with van der Waals surface area (Å²) in [7, 11) is -3.56. The van der Waals surface area contributed by atoms with Crippen molar-refractivity contribution in [1.29, 1.82) is 0 Å². The normalized spacial score (nSPS) is 28.6. The molecule has 1 saturated carbocycles. The van der Waals surface area contributed by atoms with Crippen molar-refractivity contribution >= 4 is 38.3 Å². The maximum atomic E-state index is 12.5. The third kappa shape index (κ3) is 4.89. The van der Waals surface area contributed by atoms with Crippen LogP contribution in [0.5, 0.6) is 0 Å². The third-order valence-corrected chi connectivity index (χ3v) is 10.5. The number of nitrogens with one attached hydrogen (secondary N) is 3. The van der Waals surface area contributed by atoms with Gasteiger partial charge < -0.3 is 25.3 Å². The Hall–Kier alpha value is -2.13. The zero-order valence-electron chi connectivity index (χ0n) is 20.3. The average molecular weight is 549 g/mol. The molecule has 6 rings (SSSR count). The molecule has 37 heavy (non-hydrogen) atoms. The molecule has 3 aliphatic rings. The molecule has 3 fully saturated rings. The number of aliphatic hydroxyl groups is 2. The van der Waals surface area contributed by atoms with Crippen LogP contribution >= 0.6 is 11.3 Å². The number of aromatic nitrogens is 3. The van der Waals surface area contributed by atoms with Gasteiger partial charge in [-0.3, -0.25) is 0 Å². The summed E-state index contributed by atoms with van der Waals surface area (Å²) in [6.07, 6.45) is 7.51. The highest BCUT2D eigenvalue weighted by molar-refractivity contribution is 7.87. The zero-order chi connectivity index (χ0) is 25.6. The van der Waals surface area contributed by atoms with Crippen LogP contribution in [-0.4, -0.2) is 89.5 Å². The first-order chi connectivity index (χ1) is 17.9. The summed E-state index contributed by atoms with van der Waals surface area (Å²) in [5, 5.41) is 25.0. The molecule has 0 aromatic carbocycles. The minimum absolute atomic E-state index is 0.0288. The van der Waals surface area contributed by atoms with Crippen LogP contribution in [0.4, 0.5) is 5.69 Å². The molecule has 1 aliphatic carbocycles. The molecule has 11 nitrogen and oxygen atoms in total. The predicted octanol–water partition coefficient (Wildman–Crippen LogP) is 1.50. The molecule has 0 bridgehead atoms. The van der Waals surface area contributed by atoms with E-state index in [4.69, 9.17) is 14.8 Å². The Morgan fingerprint density at radius 1 is 1.22 bits per heavy atom. The maximum Gasteiger partial charge on any atom is 0.279 e. The largest absolute Gasteiger partial charge is 0.395 e. The van der Waals surface area contributed by atoms with Crippen LogP contribution in [0.2, 0.25) is 0 Å². The Labute approximate surface area is 219 Å². The maximum absolute atomic E-state index is 12.5. The molecule has 0 spiro atoms. The monoisotopic (exact) mass is 548 g/mol. The van der Waals surface area contributed by atoms with Gasteiger partial charge in [-0.25, -0.2) is 9.97 Å². The fourth-order valence-corrected chi connectivity index (χ4v) is 8.33. The van der Waals surface area contributed by atoms with Crippen molar-refractivity contribution in [3.05, 3.63) is 29.5 Å². The number of rotatable bonds is 8. The molecule has 2 saturated heterocycles. The lowest BCUT2D eigenvalue weighted by Gasteiger charge is -2.26. The predicted molar refractivity (Wildman–Crippen MR) is 141 cm³/mol. The van der Waals surface area contributed by atoms with Crippen LogP contribution in [0, 0.1) is 11.8 Å². The number of nitrogens with zero attached hydrogens (tertiary/aromatic N) is 3. The van der Waals surface area contributed by atoms with E-state index in [1.54, 1.807) is 11.3 Å². The first kappa shape index (κ1) is 25.2. The second-order valence-electron chi connectivity index (χ2n) is 10.2. The van der Waals surface area contributed by atoms with Crippen LogP contribution in [0.3, 0.4) is 0 Å². The van der Waals surface area contributed by atoms with Crippen molar-refractivity contribution in [3.8, 4) is 10.6 Å². The Kier molecular flexibility index (Phi) is 6.94. The summed E-state index contributed by atoms with van der Waals surface area (Å²) in [6.45, 7) is 1.88. The molecule has 2 aliphatic heterocycles. The van der Waals surface area contributed by atoms with E-state index in [1.807, 2.05) is 24.7 Å². The highest BCUT2D eigenvalue weighted by Gasteiger charge is 2.44.